The van der Waals surface area contributed by atoms with Gasteiger partial charge in [-0.25, -0.2) is 0 Å². The molecule has 2 amide bonds. The van der Waals surface area contributed by atoms with Crippen LogP contribution in [0.1, 0.15) is 28.9 Å². The molecule has 0 saturated heterocycles. The van der Waals surface area contributed by atoms with E-state index < -0.39 is 0 Å². The van der Waals surface area contributed by atoms with Gasteiger partial charge in [0.15, 0.2) is 6.61 Å². The molecule has 0 heterocycles. The molecule has 0 bridgehead atoms. The molecule has 0 radical (unpaired) electrons. The highest BCUT2D eigenvalue weighted by Crippen LogP contribution is 2.23. The van der Waals surface area contributed by atoms with Gasteiger partial charge in [0, 0.05) is 14.1 Å². The Morgan fingerprint density at radius 1 is 0.867 bits per heavy atom. The number of nitrogens with zero attached hydrogens (tertiary/aromatic N) is 1. The Morgan fingerprint density at radius 3 is 2.13 bits per heavy atom. The summed E-state index contributed by atoms with van der Waals surface area (Å²) in [5.74, 6) is -0.0311. The van der Waals surface area contributed by atoms with Gasteiger partial charge >= 0.3 is 0 Å². The van der Waals surface area contributed by atoms with Crippen molar-refractivity contribution in [3.63, 3.8) is 0 Å². The summed E-state index contributed by atoms with van der Waals surface area (Å²) in [6.07, 6.45) is 0. The van der Waals surface area contributed by atoms with Gasteiger partial charge in [-0.3, -0.25) is 9.59 Å². The molecule has 5 heteroatoms. The molecule has 0 aliphatic carbocycles. The van der Waals surface area contributed by atoms with Crippen LogP contribution in [0.15, 0.2) is 78.9 Å². The summed E-state index contributed by atoms with van der Waals surface area (Å²) in [4.78, 5) is 26.1. The fourth-order valence-corrected chi connectivity index (χ4v) is 3.00. The molecule has 5 nitrogen and oxygen atoms in total. The van der Waals surface area contributed by atoms with Gasteiger partial charge in [-0.05, 0) is 35.7 Å². The molecule has 3 aromatic rings. The molecule has 154 valence electrons. The zero-order chi connectivity index (χ0) is 21.5. The van der Waals surface area contributed by atoms with Crippen molar-refractivity contribution in [1.29, 1.82) is 0 Å². The van der Waals surface area contributed by atoms with Crippen molar-refractivity contribution in [2.45, 2.75) is 13.0 Å². The summed E-state index contributed by atoms with van der Waals surface area (Å²) in [5, 5.41) is 3.01. The lowest BCUT2D eigenvalue weighted by Gasteiger charge is -2.17. The number of amides is 2. The van der Waals surface area contributed by atoms with E-state index >= 15 is 0 Å². The number of hydrogen-bond donors (Lipinski definition) is 1. The molecule has 0 aromatic heterocycles. The fourth-order valence-electron chi connectivity index (χ4n) is 3.00. The van der Waals surface area contributed by atoms with Crippen LogP contribution in [0.3, 0.4) is 0 Å². The fraction of sp³-hybridized carbons (Fsp3) is 0.200. The zero-order valence-electron chi connectivity index (χ0n) is 17.5. The van der Waals surface area contributed by atoms with Crippen LogP contribution in [0.4, 0.5) is 0 Å². The van der Waals surface area contributed by atoms with E-state index in [0.717, 1.165) is 16.7 Å². The minimum absolute atomic E-state index is 0.117. The van der Waals surface area contributed by atoms with Crippen LogP contribution in [0.25, 0.3) is 11.1 Å². The number of carbonyl (C=O) groups excluding carboxylic acids is 2. The summed E-state index contributed by atoms with van der Waals surface area (Å²) in [5.41, 5.74) is 3.68. The Labute approximate surface area is 177 Å². The number of carbonyl (C=O) groups is 2. The lowest BCUT2D eigenvalue weighted by molar-refractivity contribution is -0.130. The Bertz CT molecular complexity index is 998. The molecule has 0 aliphatic heterocycles. The van der Waals surface area contributed by atoms with Crippen molar-refractivity contribution < 1.29 is 14.3 Å². The van der Waals surface area contributed by atoms with Crippen molar-refractivity contribution in [1.82, 2.24) is 10.2 Å². The zero-order valence-corrected chi connectivity index (χ0v) is 17.5. The van der Waals surface area contributed by atoms with Gasteiger partial charge in [0.2, 0.25) is 0 Å². The quantitative estimate of drug-likeness (QED) is 0.641. The standard InChI is InChI=1S/C25H26N2O3/c1-18(19-13-15-21(16-14-19)20-9-5-4-6-10-20)26-25(29)22-11-7-8-12-23(22)30-17-24(28)27(2)3/h4-16,18H,17H2,1-3H3,(H,26,29)/t18-/m0/s1. The number of nitrogens with one attached hydrogen (secondary N) is 1. The van der Waals surface area contributed by atoms with Gasteiger partial charge in [-0.2, -0.15) is 0 Å². The molecule has 0 unspecified atom stereocenters. The van der Waals surface area contributed by atoms with E-state index in [2.05, 4.69) is 29.6 Å². The van der Waals surface area contributed by atoms with Crippen molar-refractivity contribution in [2.75, 3.05) is 20.7 Å². The normalized spacial score (nSPS) is 11.4. The summed E-state index contributed by atoms with van der Waals surface area (Å²) < 4.78 is 5.58. The van der Waals surface area contributed by atoms with Crippen LogP contribution in [-0.2, 0) is 4.79 Å². The van der Waals surface area contributed by atoms with Gasteiger partial charge in [-0.15, -0.1) is 0 Å². The van der Waals surface area contributed by atoms with Crippen LogP contribution < -0.4 is 10.1 Å². The third-order valence-corrected chi connectivity index (χ3v) is 4.85. The Balaban J connectivity index is 1.68. The number of rotatable bonds is 7. The van der Waals surface area contributed by atoms with Crippen LogP contribution in [0.5, 0.6) is 5.75 Å². The second-order valence-electron chi connectivity index (χ2n) is 7.26. The molecular formula is C25H26N2O3. The molecule has 30 heavy (non-hydrogen) atoms. The van der Waals surface area contributed by atoms with Crippen LogP contribution in [0.2, 0.25) is 0 Å². The maximum atomic E-state index is 12.8. The second-order valence-corrected chi connectivity index (χ2v) is 7.26. The first-order chi connectivity index (χ1) is 14.5. The minimum atomic E-state index is -0.248. The van der Waals surface area contributed by atoms with E-state index in [4.69, 9.17) is 4.74 Å². The average molecular weight is 402 g/mol. The summed E-state index contributed by atoms with van der Waals surface area (Å²) in [6.45, 7) is 1.82. The van der Waals surface area contributed by atoms with E-state index in [9.17, 15) is 9.59 Å². The lowest BCUT2D eigenvalue weighted by atomic mass is 10.0. The molecule has 1 N–H and O–H groups in total. The number of benzene rings is 3. The summed E-state index contributed by atoms with van der Waals surface area (Å²) >= 11 is 0. The third-order valence-electron chi connectivity index (χ3n) is 4.85. The lowest BCUT2D eigenvalue weighted by Crippen LogP contribution is -2.29. The predicted octanol–water partition coefficient (Wildman–Crippen LogP) is 4.31. The number of ether oxygens (including phenoxy) is 1. The summed E-state index contributed by atoms with van der Waals surface area (Å²) in [7, 11) is 3.32. The third kappa shape index (κ3) is 5.26. The molecule has 0 spiro atoms. The van der Waals surface area contributed by atoms with E-state index in [1.54, 1.807) is 38.4 Å². The highest BCUT2D eigenvalue weighted by molar-refractivity contribution is 5.97. The van der Waals surface area contributed by atoms with Gasteiger partial charge in [0.25, 0.3) is 11.8 Å². The molecule has 0 fully saturated rings. The molecular weight excluding hydrogens is 376 g/mol. The average Bonchev–Trinajstić information content (AvgIpc) is 2.78. The van der Waals surface area contributed by atoms with Crippen LogP contribution >= 0.6 is 0 Å². The van der Waals surface area contributed by atoms with E-state index in [0.29, 0.717) is 11.3 Å². The van der Waals surface area contributed by atoms with Gasteiger partial charge in [-0.1, -0.05) is 66.7 Å². The van der Waals surface area contributed by atoms with E-state index in [1.807, 2.05) is 37.3 Å². The predicted molar refractivity (Wildman–Crippen MR) is 118 cm³/mol. The van der Waals surface area contributed by atoms with Gasteiger partial charge in [0.05, 0.1) is 11.6 Å². The SMILES string of the molecule is C[C@H](NC(=O)c1ccccc1OCC(=O)N(C)C)c1ccc(-c2ccccc2)cc1. The van der Waals surface area contributed by atoms with Crippen molar-refractivity contribution in [2.24, 2.45) is 0 Å². The minimum Gasteiger partial charge on any atom is -0.483 e. The monoisotopic (exact) mass is 402 g/mol. The first-order valence-electron chi connectivity index (χ1n) is 9.84. The number of para-hydroxylation sites is 1. The van der Waals surface area contributed by atoms with E-state index in [-0.39, 0.29) is 24.5 Å². The smallest absolute Gasteiger partial charge is 0.259 e. The van der Waals surface area contributed by atoms with Crippen LogP contribution in [-0.4, -0.2) is 37.4 Å². The van der Waals surface area contributed by atoms with Crippen molar-refractivity contribution >= 4 is 11.8 Å². The highest BCUT2D eigenvalue weighted by Gasteiger charge is 2.16. The molecule has 0 aliphatic rings. The Hall–Kier alpha value is -3.60. The maximum Gasteiger partial charge on any atom is 0.259 e. The Kier molecular flexibility index (Phi) is 6.86. The topological polar surface area (TPSA) is 58.6 Å². The van der Waals surface area contributed by atoms with Crippen molar-refractivity contribution in [3.05, 3.63) is 90.0 Å². The molecule has 3 rings (SSSR count). The number of likely N-dealkylation sites (N-methyl/N-ethyl adjacent to an activating group) is 1. The highest BCUT2D eigenvalue weighted by atomic mass is 16.5. The molecule has 3 aromatic carbocycles. The summed E-state index contributed by atoms with van der Waals surface area (Å²) in [6, 6.07) is 25.0. The van der Waals surface area contributed by atoms with Gasteiger partial charge < -0.3 is 15.0 Å². The first-order valence-corrected chi connectivity index (χ1v) is 9.84. The molecule has 0 saturated carbocycles. The largest absolute Gasteiger partial charge is 0.483 e. The Morgan fingerprint density at radius 2 is 1.47 bits per heavy atom. The second kappa shape index (κ2) is 9.74. The first kappa shape index (κ1) is 21.1. The molecule has 1 atom stereocenters. The number of hydrogen-bond acceptors (Lipinski definition) is 3. The van der Waals surface area contributed by atoms with Crippen molar-refractivity contribution in [3.8, 4) is 16.9 Å². The van der Waals surface area contributed by atoms with Gasteiger partial charge in [0.1, 0.15) is 5.75 Å². The maximum absolute atomic E-state index is 12.8. The van der Waals surface area contributed by atoms with E-state index in [1.165, 1.54) is 4.90 Å². The van der Waals surface area contributed by atoms with Crippen LogP contribution in [0, 0.1) is 0 Å².